The summed E-state index contributed by atoms with van der Waals surface area (Å²) in [5, 5.41) is 17.2. The number of nitrogens with zero attached hydrogens (tertiary/aromatic N) is 2. The second-order valence-electron chi connectivity index (χ2n) is 2.48. The molecule has 4 nitrogen and oxygen atoms in total. The molecule has 1 heterocycles. The highest BCUT2D eigenvalue weighted by Gasteiger charge is 2.22. The van der Waals surface area contributed by atoms with E-state index in [1.807, 2.05) is 0 Å². The number of halogens is 3. The Labute approximate surface area is 96.7 Å². The number of rotatable bonds is 2. The van der Waals surface area contributed by atoms with Crippen LogP contribution in [0.25, 0.3) is 0 Å². The number of carboxylic acid groups (broad SMARTS) is 1. The van der Waals surface area contributed by atoms with E-state index in [1.54, 1.807) is 28.7 Å². The topological polar surface area (TPSA) is 74.0 Å². The third-order valence-electron chi connectivity index (χ3n) is 1.56. The van der Waals surface area contributed by atoms with Gasteiger partial charge in [-0.3, -0.25) is 0 Å². The van der Waals surface area contributed by atoms with Crippen molar-refractivity contribution in [1.82, 2.24) is 4.98 Å². The van der Waals surface area contributed by atoms with E-state index in [0.717, 1.165) is 6.07 Å². The lowest BCUT2D eigenvalue weighted by Gasteiger charge is -2.05. The summed E-state index contributed by atoms with van der Waals surface area (Å²) in [6.45, 7) is 0. The molecule has 0 aliphatic rings. The highest BCUT2D eigenvalue weighted by molar-refractivity contribution is 14.1. The van der Waals surface area contributed by atoms with Gasteiger partial charge in [0.25, 0.3) is 6.43 Å². The highest BCUT2D eigenvalue weighted by atomic mass is 127. The lowest BCUT2D eigenvalue weighted by molar-refractivity contribution is 0.0682. The van der Waals surface area contributed by atoms with Crippen molar-refractivity contribution in [1.29, 1.82) is 5.26 Å². The molecule has 1 aromatic rings. The van der Waals surface area contributed by atoms with Crippen LogP contribution in [0.3, 0.4) is 0 Å². The molecule has 78 valence electrons. The van der Waals surface area contributed by atoms with Gasteiger partial charge in [-0.15, -0.1) is 0 Å². The number of aromatic carboxylic acids is 1. The molecule has 0 saturated carbocycles. The van der Waals surface area contributed by atoms with Crippen molar-refractivity contribution in [3.8, 4) is 6.07 Å². The summed E-state index contributed by atoms with van der Waals surface area (Å²) in [5.74, 6) is -1.52. The van der Waals surface area contributed by atoms with Crippen molar-refractivity contribution in [2.75, 3.05) is 0 Å². The normalized spacial score (nSPS) is 10.1. The molecule has 1 rings (SSSR count). The number of nitriles is 1. The summed E-state index contributed by atoms with van der Waals surface area (Å²) in [6.07, 6.45) is -2.97. The van der Waals surface area contributed by atoms with Gasteiger partial charge >= 0.3 is 5.97 Å². The predicted octanol–water partition coefficient (Wildman–Crippen LogP) is 2.19. The molecule has 0 fully saturated rings. The maximum atomic E-state index is 12.4. The fourth-order valence-corrected chi connectivity index (χ4v) is 1.46. The first kappa shape index (κ1) is 11.8. The Morgan fingerprint density at radius 1 is 1.67 bits per heavy atom. The van der Waals surface area contributed by atoms with E-state index in [1.165, 1.54) is 0 Å². The Morgan fingerprint density at radius 3 is 2.67 bits per heavy atom. The van der Waals surface area contributed by atoms with E-state index in [9.17, 15) is 13.6 Å². The standard InChI is InChI=1S/C8H3F2IN2O2/c9-6(10)5-4(8(14)15)1-3(2-12)7(11)13-5/h1,6H,(H,14,15). The highest BCUT2D eigenvalue weighted by Crippen LogP contribution is 2.23. The molecule has 0 aliphatic carbocycles. The van der Waals surface area contributed by atoms with Crippen LogP contribution in [0, 0.1) is 15.0 Å². The van der Waals surface area contributed by atoms with Crippen LogP contribution in [0.4, 0.5) is 8.78 Å². The Kier molecular flexibility index (Phi) is 3.52. The zero-order valence-electron chi connectivity index (χ0n) is 7.04. The van der Waals surface area contributed by atoms with Crippen LogP contribution in [0.2, 0.25) is 0 Å². The quantitative estimate of drug-likeness (QED) is 0.668. The third-order valence-corrected chi connectivity index (χ3v) is 2.39. The molecular weight excluding hydrogens is 321 g/mol. The smallest absolute Gasteiger partial charge is 0.337 e. The van der Waals surface area contributed by atoms with Crippen molar-refractivity contribution in [3.63, 3.8) is 0 Å². The zero-order valence-corrected chi connectivity index (χ0v) is 9.20. The Morgan fingerprint density at radius 2 is 2.27 bits per heavy atom. The summed E-state index contributed by atoms with van der Waals surface area (Å²) in [7, 11) is 0. The predicted molar refractivity (Wildman–Crippen MR) is 53.6 cm³/mol. The maximum Gasteiger partial charge on any atom is 0.337 e. The van der Waals surface area contributed by atoms with Gasteiger partial charge in [0.15, 0.2) is 0 Å². The SMILES string of the molecule is N#Cc1cc(C(=O)O)c(C(F)F)nc1I. The van der Waals surface area contributed by atoms with Crippen molar-refractivity contribution in [2.24, 2.45) is 0 Å². The Bertz CT molecular complexity index is 457. The first-order valence-electron chi connectivity index (χ1n) is 3.59. The van der Waals surface area contributed by atoms with Gasteiger partial charge in [-0.2, -0.15) is 5.26 Å². The number of pyridine rings is 1. The van der Waals surface area contributed by atoms with Crippen LogP contribution in [0.1, 0.15) is 28.0 Å². The minimum atomic E-state index is -2.97. The second-order valence-corrected chi connectivity index (χ2v) is 3.50. The summed E-state index contributed by atoms with van der Waals surface area (Å²) in [6, 6.07) is 2.58. The Balaban J connectivity index is 3.47. The molecule has 7 heteroatoms. The summed E-state index contributed by atoms with van der Waals surface area (Å²) >= 11 is 1.60. The van der Waals surface area contributed by atoms with Gasteiger partial charge in [-0.1, -0.05) is 0 Å². The lowest BCUT2D eigenvalue weighted by atomic mass is 10.1. The van der Waals surface area contributed by atoms with Gasteiger partial charge < -0.3 is 5.11 Å². The van der Waals surface area contributed by atoms with Crippen LogP contribution in [-0.4, -0.2) is 16.1 Å². The first-order chi connectivity index (χ1) is 6.97. The number of carboxylic acids is 1. The fourth-order valence-electron chi connectivity index (χ4n) is 0.920. The number of hydrogen-bond acceptors (Lipinski definition) is 3. The Hall–Kier alpha value is -1.30. The zero-order chi connectivity index (χ0) is 11.6. The minimum absolute atomic E-state index is 0.0302. The largest absolute Gasteiger partial charge is 0.478 e. The number of carbonyl (C=O) groups is 1. The lowest BCUT2D eigenvalue weighted by Crippen LogP contribution is -2.08. The minimum Gasteiger partial charge on any atom is -0.478 e. The molecule has 0 spiro atoms. The van der Waals surface area contributed by atoms with Crippen LogP contribution in [0.15, 0.2) is 6.07 Å². The van der Waals surface area contributed by atoms with E-state index in [4.69, 9.17) is 10.4 Å². The average molecular weight is 324 g/mol. The molecule has 0 atom stereocenters. The molecule has 0 aromatic carbocycles. The number of alkyl halides is 2. The van der Waals surface area contributed by atoms with Crippen LogP contribution in [0.5, 0.6) is 0 Å². The second kappa shape index (κ2) is 4.48. The van der Waals surface area contributed by atoms with Crippen molar-refractivity contribution >= 4 is 28.6 Å². The number of hydrogen-bond donors (Lipinski definition) is 1. The van der Waals surface area contributed by atoms with E-state index in [2.05, 4.69) is 4.98 Å². The summed E-state index contributed by atoms with van der Waals surface area (Å²) in [5.41, 5.74) is -1.48. The maximum absolute atomic E-state index is 12.4. The molecule has 0 unspecified atom stereocenters. The molecular formula is C8H3F2IN2O2. The fraction of sp³-hybridized carbons (Fsp3) is 0.125. The molecule has 0 aliphatic heterocycles. The van der Waals surface area contributed by atoms with Crippen LogP contribution in [-0.2, 0) is 0 Å². The van der Waals surface area contributed by atoms with Gasteiger partial charge in [0.1, 0.15) is 15.5 Å². The van der Waals surface area contributed by atoms with Crippen molar-refractivity contribution in [3.05, 3.63) is 26.6 Å². The summed E-state index contributed by atoms with van der Waals surface area (Å²) in [4.78, 5) is 14.0. The van der Waals surface area contributed by atoms with Crippen LogP contribution >= 0.6 is 22.6 Å². The third kappa shape index (κ3) is 2.38. The molecule has 15 heavy (non-hydrogen) atoms. The molecule has 1 N–H and O–H groups in total. The first-order valence-corrected chi connectivity index (χ1v) is 4.67. The van der Waals surface area contributed by atoms with Crippen LogP contribution < -0.4 is 0 Å². The van der Waals surface area contributed by atoms with Crippen molar-refractivity contribution in [2.45, 2.75) is 6.43 Å². The van der Waals surface area contributed by atoms with Gasteiger partial charge in [0.05, 0.1) is 11.1 Å². The van der Waals surface area contributed by atoms with E-state index < -0.39 is 23.7 Å². The molecule has 0 saturated heterocycles. The van der Waals surface area contributed by atoms with E-state index in [0.29, 0.717) is 0 Å². The van der Waals surface area contributed by atoms with Gasteiger partial charge in [-0.05, 0) is 28.7 Å². The average Bonchev–Trinajstić information content (AvgIpc) is 2.16. The monoisotopic (exact) mass is 324 g/mol. The van der Waals surface area contributed by atoms with Gasteiger partial charge in [0.2, 0.25) is 0 Å². The van der Waals surface area contributed by atoms with E-state index >= 15 is 0 Å². The number of aromatic nitrogens is 1. The molecule has 0 amide bonds. The molecule has 0 radical (unpaired) electrons. The molecule has 0 bridgehead atoms. The molecule has 1 aromatic heterocycles. The van der Waals surface area contributed by atoms with Gasteiger partial charge in [0, 0.05) is 0 Å². The summed E-state index contributed by atoms with van der Waals surface area (Å²) < 4.78 is 24.8. The van der Waals surface area contributed by atoms with E-state index in [-0.39, 0.29) is 9.26 Å². The van der Waals surface area contributed by atoms with Crippen molar-refractivity contribution < 1.29 is 18.7 Å². The van der Waals surface area contributed by atoms with Gasteiger partial charge in [-0.25, -0.2) is 18.6 Å².